The minimum absolute atomic E-state index is 0.207. The van der Waals surface area contributed by atoms with Crippen molar-refractivity contribution in [1.82, 2.24) is 0 Å². The maximum Gasteiger partial charge on any atom is 0.282 e. The van der Waals surface area contributed by atoms with Gasteiger partial charge in [0, 0.05) is 5.69 Å². The molecule has 4 rings (SSSR count). The lowest BCUT2D eigenvalue weighted by atomic mass is 10.0. The van der Waals surface area contributed by atoms with E-state index >= 15 is 0 Å². The van der Waals surface area contributed by atoms with Gasteiger partial charge in [0.25, 0.3) is 11.8 Å². The topological polar surface area (TPSA) is 58.6 Å². The molecule has 1 N–H and O–H groups in total. The average Bonchev–Trinajstić information content (AvgIpc) is 2.99. The van der Waals surface area contributed by atoms with Gasteiger partial charge in [-0.25, -0.2) is 4.90 Å². The minimum atomic E-state index is -0.415. The summed E-state index contributed by atoms with van der Waals surface area (Å²) in [5.41, 5.74) is 4.24. The summed E-state index contributed by atoms with van der Waals surface area (Å²) in [7, 11) is 1.53. The van der Waals surface area contributed by atoms with Gasteiger partial charge in [0.15, 0.2) is 0 Å². The summed E-state index contributed by atoms with van der Waals surface area (Å²) in [6.07, 6.45) is 0. The van der Waals surface area contributed by atoms with Crippen molar-refractivity contribution < 1.29 is 14.3 Å². The van der Waals surface area contributed by atoms with Crippen LogP contribution >= 0.6 is 11.6 Å². The van der Waals surface area contributed by atoms with Crippen LogP contribution in [0.4, 0.5) is 11.4 Å². The van der Waals surface area contributed by atoms with E-state index in [1.807, 2.05) is 56.3 Å². The molecule has 3 aromatic carbocycles. The van der Waals surface area contributed by atoms with Crippen molar-refractivity contribution in [2.24, 2.45) is 0 Å². The smallest absolute Gasteiger partial charge is 0.282 e. The van der Waals surface area contributed by atoms with Gasteiger partial charge in [-0.05, 0) is 49.2 Å². The van der Waals surface area contributed by atoms with Gasteiger partial charge < -0.3 is 10.1 Å². The lowest BCUT2D eigenvalue weighted by Gasteiger charge is -2.17. The summed E-state index contributed by atoms with van der Waals surface area (Å²) in [5.74, 6) is -0.262. The minimum Gasteiger partial charge on any atom is -0.495 e. The molecular formula is C25H21ClN2O3. The molecule has 0 saturated carbocycles. The SMILES string of the molecule is COc1ccc(NC2=C(c3ccc(C)cc3)C(=O)N(c3ccccc3C)C2=O)cc1Cl. The Kier molecular flexibility index (Phi) is 5.53. The summed E-state index contributed by atoms with van der Waals surface area (Å²) in [5, 5.41) is 3.52. The van der Waals surface area contributed by atoms with E-state index in [-0.39, 0.29) is 11.6 Å². The average molecular weight is 433 g/mol. The van der Waals surface area contributed by atoms with Gasteiger partial charge in [-0.2, -0.15) is 0 Å². The maximum absolute atomic E-state index is 13.5. The number of carbonyl (C=O) groups is 2. The number of aryl methyl sites for hydroxylation is 2. The number of amides is 2. The molecule has 0 fully saturated rings. The summed E-state index contributed by atoms with van der Waals surface area (Å²) in [6, 6.07) is 20.0. The number of benzene rings is 3. The maximum atomic E-state index is 13.5. The third-order valence-corrected chi connectivity index (χ3v) is 5.50. The lowest BCUT2D eigenvalue weighted by Crippen LogP contribution is -2.33. The molecule has 0 spiro atoms. The first-order chi connectivity index (χ1) is 14.9. The molecule has 1 aliphatic heterocycles. The van der Waals surface area contributed by atoms with Crippen molar-refractivity contribution in [3.63, 3.8) is 0 Å². The van der Waals surface area contributed by atoms with Gasteiger partial charge in [0.2, 0.25) is 0 Å². The first kappa shape index (κ1) is 20.7. The van der Waals surface area contributed by atoms with Crippen LogP contribution in [0, 0.1) is 13.8 Å². The van der Waals surface area contributed by atoms with Gasteiger partial charge in [-0.15, -0.1) is 0 Å². The molecule has 6 heteroatoms. The molecule has 2 amide bonds. The summed E-state index contributed by atoms with van der Waals surface area (Å²) < 4.78 is 5.20. The highest BCUT2D eigenvalue weighted by molar-refractivity contribution is 6.46. The molecule has 0 bridgehead atoms. The Labute approximate surface area is 185 Å². The normalized spacial score (nSPS) is 13.7. The fraction of sp³-hybridized carbons (Fsp3) is 0.120. The Hall–Kier alpha value is -3.57. The second-order valence-corrected chi connectivity index (χ2v) is 7.73. The zero-order chi connectivity index (χ0) is 22.1. The van der Waals surface area contributed by atoms with Crippen LogP contribution < -0.4 is 15.0 Å². The van der Waals surface area contributed by atoms with Gasteiger partial charge in [-0.1, -0.05) is 59.6 Å². The number of carbonyl (C=O) groups excluding carboxylic acids is 2. The van der Waals surface area contributed by atoms with E-state index in [0.717, 1.165) is 11.1 Å². The number of ether oxygens (including phenoxy) is 1. The molecule has 0 saturated heterocycles. The van der Waals surface area contributed by atoms with E-state index in [2.05, 4.69) is 5.32 Å². The third kappa shape index (κ3) is 3.80. The number of hydrogen-bond donors (Lipinski definition) is 1. The second-order valence-electron chi connectivity index (χ2n) is 7.32. The number of rotatable bonds is 5. The van der Waals surface area contributed by atoms with Crippen LogP contribution in [0.15, 0.2) is 72.4 Å². The van der Waals surface area contributed by atoms with E-state index < -0.39 is 5.91 Å². The van der Waals surface area contributed by atoms with Crippen molar-refractivity contribution in [2.75, 3.05) is 17.3 Å². The van der Waals surface area contributed by atoms with Crippen molar-refractivity contribution in [1.29, 1.82) is 0 Å². The highest BCUT2D eigenvalue weighted by Crippen LogP contribution is 2.36. The Morgan fingerprint density at radius 2 is 1.61 bits per heavy atom. The fourth-order valence-electron chi connectivity index (χ4n) is 3.56. The van der Waals surface area contributed by atoms with Crippen LogP contribution in [0.3, 0.4) is 0 Å². The molecule has 0 unspecified atom stereocenters. The number of methoxy groups -OCH3 is 1. The molecule has 156 valence electrons. The fourth-order valence-corrected chi connectivity index (χ4v) is 3.81. The molecular weight excluding hydrogens is 412 g/mol. The van der Waals surface area contributed by atoms with E-state index in [1.165, 1.54) is 12.0 Å². The first-order valence-corrected chi connectivity index (χ1v) is 10.1. The molecule has 1 heterocycles. The van der Waals surface area contributed by atoms with Crippen LogP contribution in [0.2, 0.25) is 5.02 Å². The highest BCUT2D eigenvalue weighted by atomic mass is 35.5. The zero-order valence-corrected chi connectivity index (χ0v) is 18.2. The Morgan fingerprint density at radius 1 is 0.903 bits per heavy atom. The predicted molar refractivity (Wildman–Crippen MR) is 123 cm³/mol. The van der Waals surface area contributed by atoms with Crippen LogP contribution in [0.5, 0.6) is 5.75 Å². The molecule has 1 aliphatic rings. The van der Waals surface area contributed by atoms with Crippen LogP contribution in [0.25, 0.3) is 5.57 Å². The summed E-state index contributed by atoms with van der Waals surface area (Å²) >= 11 is 6.25. The largest absolute Gasteiger partial charge is 0.495 e. The van der Waals surface area contributed by atoms with Gasteiger partial charge in [0.1, 0.15) is 11.4 Å². The lowest BCUT2D eigenvalue weighted by molar-refractivity contribution is -0.120. The molecule has 0 radical (unpaired) electrons. The van der Waals surface area contributed by atoms with E-state index in [9.17, 15) is 9.59 Å². The highest BCUT2D eigenvalue weighted by Gasteiger charge is 2.40. The number of nitrogens with zero attached hydrogens (tertiary/aromatic N) is 1. The monoisotopic (exact) mass is 432 g/mol. The Balaban J connectivity index is 1.83. The summed E-state index contributed by atoms with van der Waals surface area (Å²) in [6.45, 7) is 3.84. The third-order valence-electron chi connectivity index (χ3n) is 5.20. The van der Waals surface area contributed by atoms with Crippen molar-refractivity contribution in [3.05, 3.63) is 94.1 Å². The van der Waals surface area contributed by atoms with Crippen LogP contribution in [-0.2, 0) is 9.59 Å². The molecule has 0 aliphatic carbocycles. The van der Waals surface area contributed by atoms with Gasteiger partial charge in [0.05, 0.1) is 23.4 Å². The number of hydrogen-bond acceptors (Lipinski definition) is 4. The molecule has 0 aromatic heterocycles. The predicted octanol–water partition coefficient (Wildman–Crippen LogP) is 5.36. The zero-order valence-electron chi connectivity index (χ0n) is 17.4. The standard InChI is InChI=1S/C25H21ClN2O3/c1-15-8-10-17(11-9-15)22-23(27-18-12-13-21(31-3)19(26)14-18)25(30)28(24(22)29)20-7-5-4-6-16(20)2/h4-14,27H,1-3H3. The molecule has 31 heavy (non-hydrogen) atoms. The molecule has 0 atom stereocenters. The van der Waals surface area contributed by atoms with Gasteiger partial charge in [-0.3, -0.25) is 9.59 Å². The van der Waals surface area contributed by atoms with E-state index in [1.54, 1.807) is 24.3 Å². The quantitative estimate of drug-likeness (QED) is 0.551. The molecule has 5 nitrogen and oxygen atoms in total. The van der Waals surface area contributed by atoms with Crippen LogP contribution in [0.1, 0.15) is 16.7 Å². The number of anilines is 2. The number of nitrogens with one attached hydrogen (secondary N) is 1. The Morgan fingerprint density at radius 3 is 2.26 bits per heavy atom. The first-order valence-electron chi connectivity index (χ1n) is 9.77. The number of para-hydroxylation sites is 1. The number of halogens is 1. The summed E-state index contributed by atoms with van der Waals surface area (Å²) in [4.78, 5) is 28.2. The van der Waals surface area contributed by atoms with Crippen molar-refractivity contribution in [3.8, 4) is 5.75 Å². The number of imide groups is 1. The van der Waals surface area contributed by atoms with Crippen molar-refractivity contribution >= 4 is 40.4 Å². The van der Waals surface area contributed by atoms with Crippen LogP contribution in [-0.4, -0.2) is 18.9 Å². The van der Waals surface area contributed by atoms with E-state index in [4.69, 9.17) is 16.3 Å². The van der Waals surface area contributed by atoms with E-state index in [0.29, 0.717) is 33.3 Å². The van der Waals surface area contributed by atoms with Crippen molar-refractivity contribution in [2.45, 2.75) is 13.8 Å². The molecule has 3 aromatic rings. The van der Waals surface area contributed by atoms with Gasteiger partial charge >= 0.3 is 0 Å². The second kappa shape index (κ2) is 8.28. The Bertz CT molecular complexity index is 1220.